The van der Waals surface area contributed by atoms with E-state index in [2.05, 4.69) is 47.8 Å². The summed E-state index contributed by atoms with van der Waals surface area (Å²) >= 11 is 0. The Balaban J connectivity index is 1.75. The van der Waals surface area contributed by atoms with Crippen LogP contribution in [0.3, 0.4) is 0 Å². The summed E-state index contributed by atoms with van der Waals surface area (Å²) in [6.07, 6.45) is 0.310. The normalized spacial score (nSPS) is 11.6. The van der Waals surface area contributed by atoms with Gasteiger partial charge in [0.05, 0.1) is 12.1 Å². The zero-order valence-corrected chi connectivity index (χ0v) is 14.8. The molecule has 0 aliphatic heterocycles. The number of nitrogens with zero attached hydrogens (tertiary/aromatic N) is 1. The molecule has 1 amide bonds. The zero-order chi connectivity index (χ0) is 17.8. The molecule has 0 radical (unpaired) electrons. The molecule has 0 fully saturated rings. The average molecular weight is 330 g/mol. The quantitative estimate of drug-likeness (QED) is 0.554. The molecular formula is C22H22N2O. The monoisotopic (exact) mass is 330 g/mol. The first kappa shape index (κ1) is 16.9. The second kappa shape index (κ2) is 7.31. The molecule has 3 heteroatoms. The minimum Gasteiger partial charge on any atom is -0.273 e. The first-order valence-corrected chi connectivity index (χ1v) is 8.42. The number of rotatable bonds is 4. The van der Waals surface area contributed by atoms with Crippen molar-refractivity contribution in [3.8, 4) is 0 Å². The van der Waals surface area contributed by atoms with Crippen LogP contribution in [0.5, 0.6) is 0 Å². The third kappa shape index (κ3) is 3.94. The molecule has 3 nitrogen and oxygen atoms in total. The molecule has 3 aromatic carbocycles. The van der Waals surface area contributed by atoms with E-state index in [9.17, 15) is 4.79 Å². The van der Waals surface area contributed by atoms with E-state index in [0.717, 1.165) is 33.2 Å². The van der Waals surface area contributed by atoms with Crippen molar-refractivity contribution < 1.29 is 4.79 Å². The molecule has 25 heavy (non-hydrogen) atoms. The fourth-order valence-corrected chi connectivity index (χ4v) is 2.99. The maximum absolute atomic E-state index is 12.3. The van der Waals surface area contributed by atoms with Crippen molar-refractivity contribution in [2.75, 3.05) is 0 Å². The van der Waals surface area contributed by atoms with Gasteiger partial charge in [0.1, 0.15) is 0 Å². The van der Waals surface area contributed by atoms with Gasteiger partial charge in [0.15, 0.2) is 0 Å². The standard InChI is InChI=1S/C22H22N2O/c1-15-11-12-16(2)21(13-15)17(3)23-24-22(25)14-19-9-6-8-18-7-4-5-10-20(18)19/h4-13H,14H2,1-3H3,(H,24,25)/b23-17-. The van der Waals surface area contributed by atoms with Crippen molar-refractivity contribution >= 4 is 22.4 Å². The van der Waals surface area contributed by atoms with Gasteiger partial charge in [0.25, 0.3) is 0 Å². The van der Waals surface area contributed by atoms with Crippen LogP contribution in [0.15, 0.2) is 65.8 Å². The number of aryl methyl sites for hydroxylation is 2. The van der Waals surface area contributed by atoms with E-state index >= 15 is 0 Å². The Morgan fingerprint density at radius 3 is 2.60 bits per heavy atom. The third-order valence-electron chi connectivity index (χ3n) is 4.36. The van der Waals surface area contributed by atoms with Gasteiger partial charge >= 0.3 is 0 Å². The highest BCUT2D eigenvalue weighted by Crippen LogP contribution is 2.19. The number of carbonyl (C=O) groups is 1. The maximum Gasteiger partial charge on any atom is 0.244 e. The van der Waals surface area contributed by atoms with Crippen LogP contribution in [0.25, 0.3) is 10.8 Å². The van der Waals surface area contributed by atoms with Crippen molar-refractivity contribution in [1.29, 1.82) is 0 Å². The van der Waals surface area contributed by atoms with Gasteiger partial charge in [-0.05, 0) is 48.7 Å². The van der Waals surface area contributed by atoms with Gasteiger partial charge in [-0.2, -0.15) is 5.10 Å². The second-order valence-corrected chi connectivity index (χ2v) is 6.37. The van der Waals surface area contributed by atoms with Crippen LogP contribution in [-0.2, 0) is 11.2 Å². The molecule has 0 saturated heterocycles. The van der Waals surface area contributed by atoms with Crippen LogP contribution in [-0.4, -0.2) is 11.6 Å². The first-order valence-electron chi connectivity index (χ1n) is 8.42. The molecule has 0 aliphatic rings. The first-order chi connectivity index (χ1) is 12.0. The van der Waals surface area contributed by atoms with Gasteiger partial charge in [-0.1, -0.05) is 60.2 Å². The van der Waals surface area contributed by atoms with E-state index < -0.39 is 0 Å². The summed E-state index contributed by atoms with van der Waals surface area (Å²) in [4.78, 5) is 12.3. The van der Waals surface area contributed by atoms with Crippen LogP contribution < -0.4 is 5.43 Å². The van der Waals surface area contributed by atoms with Crippen LogP contribution in [0, 0.1) is 13.8 Å². The summed E-state index contributed by atoms with van der Waals surface area (Å²) in [5.41, 5.74) is 7.90. The molecule has 0 spiro atoms. The molecule has 126 valence electrons. The van der Waals surface area contributed by atoms with Crippen molar-refractivity contribution in [2.45, 2.75) is 27.2 Å². The van der Waals surface area contributed by atoms with Crippen LogP contribution in [0.2, 0.25) is 0 Å². The number of carbonyl (C=O) groups excluding carboxylic acids is 1. The lowest BCUT2D eigenvalue weighted by Gasteiger charge is -2.08. The predicted molar refractivity (Wildman–Crippen MR) is 104 cm³/mol. The molecule has 0 atom stereocenters. The Morgan fingerprint density at radius 2 is 1.76 bits per heavy atom. The van der Waals surface area contributed by atoms with Gasteiger partial charge < -0.3 is 0 Å². The Labute approximate surface area is 148 Å². The topological polar surface area (TPSA) is 41.5 Å². The van der Waals surface area contributed by atoms with Crippen LogP contribution in [0.4, 0.5) is 0 Å². The van der Waals surface area contributed by atoms with Gasteiger partial charge in [-0.3, -0.25) is 4.79 Å². The summed E-state index contributed by atoms with van der Waals surface area (Å²) in [5, 5.41) is 6.54. The molecule has 0 unspecified atom stereocenters. The highest BCUT2D eigenvalue weighted by atomic mass is 16.2. The average Bonchev–Trinajstić information content (AvgIpc) is 2.62. The fraction of sp³-hybridized carbons (Fsp3) is 0.182. The molecule has 0 heterocycles. The SMILES string of the molecule is C/C(=N/NC(=O)Cc1cccc2ccccc12)c1cc(C)ccc1C. The second-order valence-electron chi connectivity index (χ2n) is 6.37. The maximum atomic E-state index is 12.3. The van der Waals surface area contributed by atoms with Crippen molar-refractivity contribution in [3.63, 3.8) is 0 Å². The molecule has 1 N–H and O–H groups in total. The number of hydrogen-bond acceptors (Lipinski definition) is 2. The largest absolute Gasteiger partial charge is 0.273 e. The minimum absolute atomic E-state index is 0.110. The van der Waals surface area contributed by atoms with Crippen molar-refractivity contribution in [2.24, 2.45) is 5.10 Å². The smallest absolute Gasteiger partial charge is 0.244 e. The van der Waals surface area contributed by atoms with E-state index in [1.165, 1.54) is 5.56 Å². The summed E-state index contributed by atoms with van der Waals surface area (Å²) in [5.74, 6) is -0.110. The Bertz CT molecular complexity index is 952. The van der Waals surface area contributed by atoms with Gasteiger partial charge in [0, 0.05) is 5.56 Å². The molecule has 0 bridgehead atoms. The van der Waals surface area contributed by atoms with Crippen molar-refractivity contribution in [3.05, 3.63) is 82.9 Å². The molecular weight excluding hydrogens is 308 g/mol. The van der Waals surface area contributed by atoms with E-state index in [1.807, 2.05) is 44.2 Å². The van der Waals surface area contributed by atoms with E-state index in [-0.39, 0.29) is 5.91 Å². The molecule has 0 aliphatic carbocycles. The van der Waals surface area contributed by atoms with Gasteiger partial charge in [-0.25, -0.2) is 5.43 Å². The predicted octanol–water partition coefficient (Wildman–Crippen LogP) is 4.54. The molecule has 0 saturated carbocycles. The highest BCUT2D eigenvalue weighted by molar-refractivity contribution is 6.00. The number of nitrogens with one attached hydrogen (secondary N) is 1. The number of hydrogen-bond donors (Lipinski definition) is 1. The fourth-order valence-electron chi connectivity index (χ4n) is 2.99. The lowest BCUT2D eigenvalue weighted by Crippen LogP contribution is -2.21. The number of hydrazone groups is 1. The molecule has 3 aromatic rings. The van der Waals surface area contributed by atoms with Crippen molar-refractivity contribution in [1.82, 2.24) is 5.43 Å². The molecule has 3 rings (SSSR count). The highest BCUT2D eigenvalue weighted by Gasteiger charge is 2.07. The van der Waals surface area contributed by atoms with E-state index in [1.54, 1.807) is 0 Å². The third-order valence-corrected chi connectivity index (χ3v) is 4.36. The van der Waals surface area contributed by atoms with E-state index in [0.29, 0.717) is 6.42 Å². The number of benzene rings is 3. The summed E-state index contributed by atoms with van der Waals surface area (Å²) < 4.78 is 0. The summed E-state index contributed by atoms with van der Waals surface area (Å²) in [7, 11) is 0. The number of fused-ring (bicyclic) bond motifs is 1. The lowest BCUT2D eigenvalue weighted by atomic mass is 10.0. The Morgan fingerprint density at radius 1 is 1.00 bits per heavy atom. The van der Waals surface area contributed by atoms with Gasteiger partial charge in [0.2, 0.25) is 5.91 Å². The minimum atomic E-state index is -0.110. The summed E-state index contributed by atoms with van der Waals surface area (Å²) in [6.45, 7) is 6.01. The van der Waals surface area contributed by atoms with E-state index in [4.69, 9.17) is 0 Å². The van der Waals surface area contributed by atoms with Gasteiger partial charge in [-0.15, -0.1) is 0 Å². The number of amides is 1. The van der Waals surface area contributed by atoms with Crippen LogP contribution >= 0.6 is 0 Å². The zero-order valence-electron chi connectivity index (χ0n) is 14.8. The lowest BCUT2D eigenvalue weighted by molar-refractivity contribution is -0.120. The summed E-state index contributed by atoms with van der Waals surface area (Å²) in [6, 6.07) is 20.4. The Kier molecular flexibility index (Phi) is 4.94. The Hall–Kier alpha value is -2.94. The van der Waals surface area contributed by atoms with Crippen LogP contribution in [0.1, 0.15) is 29.2 Å². The molecule has 0 aromatic heterocycles.